The van der Waals surface area contributed by atoms with Crippen molar-refractivity contribution in [1.29, 1.82) is 0 Å². The molecule has 1 aliphatic heterocycles. The van der Waals surface area contributed by atoms with Crippen LogP contribution in [0.25, 0.3) is 0 Å². The minimum absolute atomic E-state index is 0.0497. The molecule has 5 heteroatoms. The quantitative estimate of drug-likeness (QED) is 0.867. The van der Waals surface area contributed by atoms with Gasteiger partial charge in [-0.15, -0.1) is 0 Å². The third-order valence-corrected chi connectivity index (χ3v) is 4.40. The first-order chi connectivity index (χ1) is 11.5. The molecule has 1 fully saturated rings. The van der Waals surface area contributed by atoms with Crippen LogP contribution in [0.15, 0.2) is 18.2 Å². The number of carbonyl (C=O) groups is 2. The van der Waals surface area contributed by atoms with Gasteiger partial charge in [0, 0.05) is 43.9 Å². The summed E-state index contributed by atoms with van der Waals surface area (Å²) in [6.45, 7) is 7.27. The maximum atomic E-state index is 12.4. The van der Waals surface area contributed by atoms with Gasteiger partial charge in [-0.25, -0.2) is 0 Å². The van der Waals surface area contributed by atoms with Gasteiger partial charge in [0.15, 0.2) is 0 Å². The Morgan fingerprint density at radius 1 is 1.17 bits per heavy atom. The number of likely N-dealkylation sites (tertiary alicyclic amines) is 1. The fourth-order valence-corrected chi connectivity index (χ4v) is 3.08. The molecule has 0 spiro atoms. The molecule has 0 radical (unpaired) electrons. The van der Waals surface area contributed by atoms with Gasteiger partial charge in [-0.3, -0.25) is 9.59 Å². The predicted molar refractivity (Wildman–Crippen MR) is 98.2 cm³/mol. The van der Waals surface area contributed by atoms with Crippen LogP contribution in [-0.4, -0.2) is 35.8 Å². The Labute approximate surface area is 144 Å². The monoisotopic (exact) mass is 331 g/mol. The van der Waals surface area contributed by atoms with Gasteiger partial charge >= 0.3 is 0 Å². The Kier molecular flexibility index (Phi) is 6.64. The average Bonchev–Trinajstić information content (AvgIpc) is 2.79. The van der Waals surface area contributed by atoms with Crippen molar-refractivity contribution < 1.29 is 9.59 Å². The van der Waals surface area contributed by atoms with E-state index in [-0.39, 0.29) is 17.9 Å². The molecule has 0 bridgehead atoms. The van der Waals surface area contributed by atoms with Crippen molar-refractivity contribution in [3.63, 3.8) is 0 Å². The second-order valence-corrected chi connectivity index (χ2v) is 6.76. The largest absolute Gasteiger partial charge is 0.382 e. The summed E-state index contributed by atoms with van der Waals surface area (Å²) in [6, 6.07) is 5.92. The van der Waals surface area contributed by atoms with Crippen LogP contribution in [0.4, 0.5) is 11.4 Å². The number of rotatable bonds is 5. The number of hydrogen-bond donors (Lipinski definition) is 2. The molecule has 2 rings (SSSR count). The van der Waals surface area contributed by atoms with E-state index in [9.17, 15) is 9.59 Å². The molecule has 2 N–H and O–H groups in total. The van der Waals surface area contributed by atoms with Crippen molar-refractivity contribution >= 4 is 23.2 Å². The van der Waals surface area contributed by atoms with E-state index in [1.54, 1.807) is 0 Å². The number of nitrogens with one attached hydrogen (secondary N) is 2. The van der Waals surface area contributed by atoms with E-state index in [1.807, 2.05) is 36.9 Å². The third kappa shape index (κ3) is 5.55. The summed E-state index contributed by atoms with van der Waals surface area (Å²) in [6.07, 6.45) is 5.18. The Hall–Kier alpha value is -2.04. The molecule has 5 nitrogen and oxygen atoms in total. The van der Waals surface area contributed by atoms with Crippen LogP contribution in [0, 0.1) is 6.92 Å². The molecule has 1 saturated heterocycles. The average molecular weight is 331 g/mol. The molecule has 1 aliphatic rings. The predicted octanol–water partition coefficient (Wildman–Crippen LogP) is 3.55. The number of nitrogens with zero attached hydrogens (tertiary/aromatic N) is 1. The zero-order chi connectivity index (χ0) is 17.5. The van der Waals surface area contributed by atoms with Crippen molar-refractivity contribution in [3.05, 3.63) is 23.8 Å². The molecule has 2 amide bonds. The van der Waals surface area contributed by atoms with E-state index in [0.29, 0.717) is 6.42 Å². The Balaban J connectivity index is 1.92. The maximum Gasteiger partial charge on any atom is 0.224 e. The SMILES string of the molecule is CC(=O)Nc1cc(N[C@H](C)CC(=O)N2CCCCCC2)ccc1C. The molecule has 0 unspecified atom stereocenters. The minimum atomic E-state index is -0.0837. The lowest BCUT2D eigenvalue weighted by Crippen LogP contribution is -2.35. The number of benzene rings is 1. The molecule has 1 heterocycles. The molecule has 0 aromatic heterocycles. The van der Waals surface area contributed by atoms with E-state index < -0.39 is 0 Å². The summed E-state index contributed by atoms with van der Waals surface area (Å²) in [5.41, 5.74) is 2.74. The molecule has 1 atom stereocenters. The first-order valence-electron chi connectivity index (χ1n) is 8.88. The summed E-state index contributed by atoms with van der Waals surface area (Å²) in [5.74, 6) is 0.144. The van der Waals surface area contributed by atoms with Gasteiger partial charge in [0.05, 0.1) is 0 Å². The van der Waals surface area contributed by atoms with E-state index in [2.05, 4.69) is 10.6 Å². The highest BCUT2D eigenvalue weighted by atomic mass is 16.2. The number of carbonyl (C=O) groups excluding carboxylic acids is 2. The van der Waals surface area contributed by atoms with Crippen LogP contribution in [0.1, 0.15) is 51.5 Å². The lowest BCUT2D eigenvalue weighted by atomic mass is 10.1. The second-order valence-electron chi connectivity index (χ2n) is 6.76. The highest BCUT2D eigenvalue weighted by molar-refractivity contribution is 5.90. The van der Waals surface area contributed by atoms with E-state index in [4.69, 9.17) is 0 Å². The molecule has 0 aliphatic carbocycles. The fourth-order valence-electron chi connectivity index (χ4n) is 3.08. The molecular weight excluding hydrogens is 302 g/mol. The van der Waals surface area contributed by atoms with Crippen LogP contribution in [-0.2, 0) is 9.59 Å². The highest BCUT2D eigenvalue weighted by Crippen LogP contribution is 2.21. The minimum Gasteiger partial charge on any atom is -0.382 e. The maximum absolute atomic E-state index is 12.4. The number of aryl methyl sites for hydroxylation is 1. The lowest BCUT2D eigenvalue weighted by molar-refractivity contribution is -0.131. The Morgan fingerprint density at radius 3 is 2.46 bits per heavy atom. The molecule has 0 saturated carbocycles. The van der Waals surface area contributed by atoms with Crippen molar-refractivity contribution in [1.82, 2.24) is 4.90 Å². The van der Waals surface area contributed by atoms with Gasteiger partial charge in [0.2, 0.25) is 11.8 Å². The smallest absolute Gasteiger partial charge is 0.224 e. The molecule has 132 valence electrons. The lowest BCUT2D eigenvalue weighted by Gasteiger charge is -2.23. The molecule has 1 aromatic rings. The van der Waals surface area contributed by atoms with Crippen LogP contribution in [0.2, 0.25) is 0 Å². The van der Waals surface area contributed by atoms with Crippen molar-refractivity contribution in [2.75, 3.05) is 23.7 Å². The summed E-state index contributed by atoms with van der Waals surface area (Å²) in [7, 11) is 0. The van der Waals surface area contributed by atoms with Crippen LogP contribution < -0.4 is 10.6 Å². The zero-order valence-corrected chi connectivity index (χ0v) is 15.0. The van der Waals surface area contributed by atoms with Gasteiger partial charge in [0.25, 0.3) is 0 Å². The van der Waals surface area contributed by atoms with Crippen molar-refractivity contribution in [2.24, 2.45) is 0 Å². The normalized spacial score (nSPS) is 16.2. The number of hydrogen-bond acceptors (Lipinski definition) is 3. The Morgan fingerprint density at radius 2 is 1.83 bits per heavy atom. The van der Waals surface area contributed by atoms with E-state index in [1.165, 1.54) is 19.8 Å². The first-order valence-corrected chi connectivity index (χ1v) is 8.88. The summed E-state index contributed by atoms with van der Waals surface area (Å²) in [5, 5.41) is 6.20. The van der Waals surface area contributed by atoms with Gasteiger partial charge in [-0.1, -0.05) is 18.9 Å². The zero-order valence-electron chi connectivity index (χ0n) is 15.0. The molecule has 24 heavy (non-hydrogen) atoms. The number of amides is 2. The fraction of sp³-hybridized carbons (Fsp3) is 0.579. The third-order valence-electron chi connectivity index (χ3n) is 4.40. The van der Waals surface area contributed by atoms with E-state index in [0.717, 1.165) is 42.9 Å². The van der Waals surface area contributed by atoms with Crippen molar-refractivity contribution in [2.45, 2.75) is 58.9 Å². The number of anilines is 2. The summed E-state index contributed by atoms with van der Waals surface area (Å²) in [4.78, 5) is 25.7. The first kappa shape index (κ1) is 18.3. The second kappa shape index (κ2) is 8.71. The van der Waals surface area contributed by atoms with Gasteiger partial charge in [0.1, 0.15) is 0 Å². The van der Waals surface area contributed by atoms with Gasteiger partial charge in [-0.05, 0) is 44.4 Å². The summed E-state index contributed by atoms with van der Waals surface area (Å²) < 4.78 is 0. The molecule has 1 aromatic carbocycles. The van der Waals surface area contributed by atoms with Crippen LogP contribution in [0.5, 0.6) is 0 Å². The van der Waals surface area contributed by atoms with E-state index >= 15 is 0 Å². The van der Waals surface area contributed by atoms with Gasteiger partial charge in [-0.2, -0.15) is 0 Å². The van der Waals surface area contributed by atoms with Crippen LogP contribution >= 0.6 is 0 Å². The Bertz CT molecular complexity index is 578. The van der Waals surface area contributed by atoms with Gasteiger partial charge < -0.3 is 15.5 Å². The van der Waals surface area contributed by atoms with Crippen molar-refractivity contribution in [3.8, 4) is 0 Å². The van der Waals surface area contributed by atoms with Crippen LogP contribution in [0.3, 0.4) is 0 Å². The highest BCUT2D eigenvalue weighted by Gasteiger charge is 2.18. The summed E-state index contributed by atoms with van der Waals surface area (Å²) >= 11 is 0. The topological polar surface area (TPSA) is 61.4 Å². The molecular formula is C19H29N3O2. The standard InChI is InChI=1S/C19H29N3O2/c1-14-8-9-17(13-18(14)21-16(3)23)20-15(2)12-19(24)22-10-6-4-5-7-11-22/h8-9,13,15,20H,4-7,10-12H2,1-3H3,(H,21,23)/t15-/m1/s1.